The summed E-state index contributed by atoms with van der Waals surface area (Å²) in [6.45, 7) is 1.90. The first-order chi connectivity index (χ1) is 9.10. The molecule has 5 heteroatoms. The molecule has 0 saturated heterocycles. The van der Waals surface area contributed by atoms with E-state index in [9.17, 15) is 15.2 Å². The van der Waals surface area contributed by atoms with Crippen LogP contribution in [0.5, 0.6) is 5.75 Å². The number of benzene rings is 2. The highest BCUT2D eigenvalue weighted by Gasteiger charge is 2.13. The van der Waals surface area contributed by atoms with Gasteiger partial charge in [-0.3, -0.25) is 10.1 Å². The average molecular weight is 275 g/mol. The lowest BCUT2D eigenvalue weighted by molar-refractivity contribution is -0.385. The number of hydrogen-bond donors (Lipinski definition) is 1. The molecule has 98 valence electrons. The summed E-state index contributed by atoms with van der Waals surface area (Å²) in [6.07, 6.45) is 0.639. The first kappa shape index (κ1) is 13.4. The Bertz CT molecular complexity index is 596. The Morgan fingerprint density at radius 3 is 2.37 bits per heavy atom. The van der Waals surface area contributed by atoms with Gasteiger partial charge in [-0.25, -0.2) is 0 Å². The summed E-state index contributed by atoms with van der Waals surface area (Å²) < 4.78 is 0. The molecule has 2 rings (SSSR count). The summed E-state index contributed by atoms with van der Waals surface area (Å²) in [5.41, 5.74) is 0.895. The van der Waals surface area contributed by atoms with Crippen molar-refractivity contribution < 1.29 is 10.0 Å². The summed E-state index contributed by atoms with van der Waals surface area (Å²) in [4.78, 5) is 12.4. The van der Waals surface area contributed by atoms with Crippen molar-refractivity contribution in [2.24, 2.45) is 0 Å². The Kier molecular flexibility index (Phi) is 4.06. The third-order valence-electron chi connectivity index (χ3n) is 2.71. The number of phenolic OH excluding ortho intramolecular Hbond substituents is 1. The lowest BCUT2D eigenvalue weighted by Gasteiger charge is -2.04. The highest BCUT2D eigenvalue weighted by atomic mass is 32.2. The van der Waals surface area contributed by atoms with Gasteiger partial charge in [0.2, 0.25) is 0 Å². The number of phenols is 1. The fourth-order valence-electron chi connectivity index (χ4n) is 1.73. The van der Waals surface area contributed by atoms with Crippen LogP contribution in [0.25, 0.3) is 0 Å². The van der Waals surface area contributed by atoms with E-state index in [0.717, 1.165) is 15.4 Å². The molecule has 0 aromatic heterocycles. The minimum absolute atomic E-state index is 0.159. The van der Waals surface area contributed by atoms with Gasteiger partial charge in [-0.1, -0.05) is 24.8 Å². The van der Waals surface area contributed by atoms with E-state index < -0.39 is 0 Å². The van der Waals surface area contributed by atoms with Gasteiger partial charge in [-0.2, -0.15) is 0 Å². The molecule has 0 bridgehead atoms. The molecular formula is C14H13NO3S. The second-order valence-electron chi connectivity index (χ2n) is 4.00. The number of rotatable bonds is 4. The van der Waals surface area contributed by atoms with E-state index in [-0.39, 0.29) is 16.4 Å². The molecule has 0 aliphatic heterocycles. The van der Waals surface area contributed by atoms with Gasteiger partial charge in [0.05, 0.1) is 4.92 Å². The monoisotopic (exact) mass is 275 g/mol. The van der Waals surface area contributed by atoms with Gasteiger partial charge >= 0.3 is 0 Å². The molecule has 0 aliphatic carbocycles. The fraction of sp³-hybridized carbons (Fsp3) is 0.143. The predicted molar refractivity (Wildman–Crippen MR) is 74.7 cm³/mol. The minimum Gasteiger partial charge on any atom is -0.508 e. The molecule has 0 unspecified atom stereocenters. The molecule has 4 nitrogen and oxygen atoms in total. The molecule has 2 aromatic carbocycles. The van der Waals surface area contributed by atoms with Crippen LogP contribution in [0.1, 0.15) is 12.5 Å². The third kappa shape index (κ3) is 3.26. The number of nitro groups is 1. The van der Waals surface area contributed by atoms with Gasteiger partial charge in [0.1, 0.15) is 5.75 Å². The van der Waals surface area contributed by atoms with Crippen molar-refractivity contribution in [3.63, 3.8) is 0 Å². The lowest BCUT2D eigenvalue weighted by Crippen LogP contribution is -1.94. The zero-order valence-corrected chi connectivity index (χ0v) is 11.2. The van der Waals surface area contributed by atoms with E-state index >= 15 is 0 Å². The van der Waals surface area contributed by atoms with Crippen LogP contribution in [0.3, 0.4) is 0 Å². The van der Waals surface area contributed by atoms with E-state index in [1.807, 2.05) is 13.0 Å². The SMILES string of the molecule is CCc1ccc(Sc2ccc(O)cc2)cc1[N+](=O)[O-]. The highest BCUT2D eigenvalue weighted by Crippen LogP contribution is 2.32. The Labute approximate surface area is 115 Å². The topological polar surface area (TPSA) is 63.4 Å². The first-order valence-electron chi connectivity index (χ1n) is 5.84. The molecule has 19 heavy (non-hydrogen) atoms. The van der Waals surface area contributed by atoms with Crippen molar-refractivity contribution in [1.29, 1.82) is 0 Å². The Hall–Kier alpha value is -2.01. The van der Waals surface area contributed by atoms with Gasteiger partial charge in [-0.15, -0.1) is 0 Å². The predicted octanol–water partition coefficient (Wildman–Crippen LogP) is 4.01. The number of nitro benzene ring substituents is 1. The highest BCUT2D eigenvalue weighted by molar-refractivity contribution is 7.99. The standard InChI is InChI=1S/C14H13NO3S/c1-2-10-3-6-13(9-14(10)15(17)18)19-12-7-4-11(16)5-8-12/h3-9,16H,2H2,1H3. The number of aryl methyl sites for hydroxylation is 1. The average Bonchev–Trinajstić information content (AvgIpc) is 2.41. The molecule has 2 aromatic rings. The molecular weight excluding hydrogens is 262 g/mol. The van der Waals surface area contributed by atoms with Crippen molar-refractivity contribution in [3.05, 3.63) is 58.1 Å². The molecule has 0 atom stereocenters. The van der Waals surface area contributed by atoms with Crippen LogP contribution in [0.2, 0.25) is 0 Å². The van der Waals surface area contributed by atoms with E-state index in [0.29, 0.717) is 6.42 Å². The molecule has 0 aliphatic rings. The number of hydrogen-bond acceptors (Lipinski definition) is 4. The van der Waals surface area contributed by atoms with Crippen molar-refractivity contribution in [2.75, 3.05) is 0 Å². The van der Waals surface area contributed by atoms with Gasteiger partial charge < -0.3 is 5.11 Å². The van der Waals surface area contributed by atoms with Crippen LogP contribution in [0, 0.1) is 10.1 Å². The normalized spacial score (nSPS) is 10.4. The minimum atomic E-state index is -0.348. The van der Waals surface area contributed by atoms with Gasteiger partial charge in [0.15, 0.2) is 0 Å². The largest absolute Gasteiger partial charge is 0.508 e. The molecule has 0 saturated carbocycles. The third-order valence-corrected chi connectivity index (χ3v) is 3.70. The van der Waals surface area contributed by atoms with E-state index in [1.165, 1.54) is 11.8 Å². The van der Waals surface area contributed by atoms with E-state index in [2.05, 4.69) is 0 Å². The number of nitrogens with zero attached hydrogens (tertiary/aromatic N) is 1. The van der Waals surface area contributed by atoms with Crippen molar-refractivity contribution in [1.82, 2.24) is 0 Å². The maximum Gasteiger partial charge on any atom is 0.273 e. The lowest BCUT2D eigenvalue weighted by atomic mass is 10.1. The van der Waals surface area contributed by atoms with Crippen LogP contribution in [0.15, 0.2) is 52.3 Å². The number of aromatic hydroxyl groups is 1. The molecule has 0 amide bonds. The second kappa shape index (κ2) is 5.75. The smallest absolute Gasteiger partial charge is 0.273 e. The fourth-order valence-corrected chi connectivity index (χ4v) is 2.58. The summed E-state index contributed by atoms with van der Waals surface area (Å²) in [5.74, 6) is 0.205. The van der Waals surface area contributed by atoms with Crippen molar-refractivity contribution >= 4 is 17.4 Å². The molecule has 0 fully saturated rings. The van der Waals surface area contributed by atoms with Crippen molar-refractivity contribution in [3.8, 4) is 5.75 Å². The van der Waals surface area contributed by atoms with Gasteiger partial charge in [0.25, 0.3) is 5.69 Å². The van der Waals surface area contributed by atoms with Gasteiger partial charge in [-0.05, 0) is 36.8 Å². The first-order valence-corrected chi connectivity index (χ1v) is 6.66. The summed E-state index contributed by atoms with van der Waals surface area (Å²) in [6, 6.07) is 12.0. The Morgan fingerprint density at radius 2 is 1.79 bits per heavy atom. The summed E-state index contributed by atoms with van der Waals surface area (Å²) in [5, 5.41) is 20.2. The van der Waals surface area contributed by atoms with Gasteiger partial charge in [0, 0.05) is 21.4 Å². The van der Waals surface area contributed by atoms with Crippen LogP contribution in [0.4, 0.5) is 5.69 Å². The van der Waals surface area contributed by atoms with Crippen LogP contribution < -0.4 is 0 Å². The molecule has 0 radical (unpaired) electrons. The van der Waals surface area contributed by atoms with Crippen molar-refractivity contribution in [2.45, 2.75) is 23.1 Å². The Morgan fingerprint density at radius 1 is 1.16 bits per heavy atom. The van der Waals surface area contributed by atoms with E-state index in [4.69, 9.17) is 0 Å². The molecule has 0 heterocycles. The zero-order valence-electron chi connectivity index (χ0n) is 10.4. The molecule has 1 N–H and O–H groups in total. The van der Waals surface area contributed by atoms with Crippen LogP contribution in [-0.4, -0.2) is 10.0 Å². The van der Waals surface area contributed by atoms with E-state index in [1.54, 1.807) is 36.4 Å². The second-order valence-corrected chi connectivity index (χ2v) is 5.14. The maximum atomic E-state index is 11.0. The quantitative estimate of drug-likeness (QED) is 0.676. The van der Waals surface area contributed by atoms with Crippen LogP contribution in [-0.2, 0) is 6.42 Å². The molecule has 0 spiro atoms. The Balaban J connectivity index is 2.28. The van der Waals surface area contributed by atoms with Crippen LogP contribution >= 0.6 is 11.8 Å². The summed E-state index contributed by atoms with van der Waals surface area (Å²) >= 11 is 1.43. The summed E-state index contributed by atoms with van der Waals surface area (Å²) in [7, 11) is 0. The zero-order chi connectivity index (χ0) is 13.8. The maximum absolute atomic E-state index is 11.0.